The minimum atomic E-state index is -0.385. The maximum absolute atomic E-state index is 11.4. The number of halogens is 1. The Morgan fingerprint density at radius 2 is 1.96 bits per heavy atom. The Balaban J connectivity index is 1.87. The summed E-state index contributed by atoms with van der Waals surface area (Å²) < 4.78 is 5.63. The molecule has 23 heavy (non-hydrogen) atoms. The van der Waals surface area contributed by atoms with Crippen LogP contribution in [0.5, 0.6) is 5.75 Å². The summed E-state index contributed by atoms with van der Waals surface area (Å²) in [6.07, 6.45) is 3.54. The van der Waals surface area contributed by atoms with Crippen LogP contribution >= 0.6 is 11.6 Å². The number of nitrogens with one attached hydrogen (secondary N) is 2. The molecule has 0 aliphatic heterocycles. The second-order valence-electron chi connectivity index (χ2n) is 5.82. The van der Waals surface area contributed by atoms with Gasteiger partial charge in [0.05, 0.1) is 18.0 Å². The molecule has 1 aromatic heterocycles. The van der Waals surface area contributed by atoms with Gasteiger partial charge in [-0.25, -0.2) is 5.10 Å². The predicted molar refractivity (Wildman–Crippen MR) is 93.5 cm³/mol. The number of hydrogen-bond donors (Lipinski definition) is 2. The Kier molecular flexibility index (Phi) is 6.04. The second kappa shape index (κ2) is 8.02. The van der Waals surface area contributed by atoms with Crippen LogP contribution in [-0.2, 0) is 6.42 Å². The van der Waals surface area contributed by atoms with E-state index in [1.807, 2.05) is 32.9 Å². The number of rotatable bonds is 7. The van der Waals surface area contributed by atoms with E-state index in [0.717, 1.165) is 18.6 Å². The first kappa shape index (κ1) is 17.3. The van der Waals surface area contributed by atoms with Crippen molar-refractivity contribution in [3.05, 3.63) is 51.4 Å². The lowest BCUT2D eigenvalue weighted by atomic mass is 10.1. The lowest BCUT2D eigenvalue weighted by molar-refractivity contribution is 0.242. The zero-order valence-electron chi connectivity index (χ0n) is 13.6. The van der Waals surface area contributed by atoms with Crippen LogP contribution in [0.2, 0.25) is 5.02 Å². The van der Waals surface area contributed by atoms with Crippen LogP contribution in [0.4, 0.5) is 5.69 Å². The molecule has 1 atom stereocenters. The molecule has 1 heterocycles. The molecule has 0 bridgehead atoms. The van der Waals surface area contributed by atoms with E-state index in [9.17, 15) is 4.79 Å². The van der Waals surface area contributed by atoms with Crippen LogP contribution < -0.4 is 15.6 Å². The van der Waals surface area contributed by atoms with Crippen LogP contribution in [-0.4, -0.2) is 22.3 Å². The van der Waals surface area contributed by atoms with E-state index in [-0.39, 0.29) is 22.7 Å². The fraction of sp³-hybridized carbons (Fsp3) is 0.412. The van der Waals surface area contributed by atoms with E-state index in [4.69, 9.17) is 16.3 Å². The number of H-pyrrole nitrogens is 1. The first-order valence-electron chi connectivity index (χ1n) is 7.71. The minimum absolute atomic E-state index is 0.141. The third-order valence-electron chi connectivity index (χ3n) is 3.36. The van der Waals surface area contributed by atoms with Gasteiger partial charge in [0.25, 0.3) is 5.56 Å². The third-order valence-corrected chi connectivity index (χ3v) is 3.73. The van der Waals surface area contributed by atoms with Gasteiger partial charge in [0.15, 0.2) is 0 Å². The number of aryl methyl sites for hydroxylation is 1. The Bertz CT molecular complexity index is 683. The van der Waals surface area contributed by atoms with Gasteiger partial charge < -0.3 is 10.1 Å². The number of hydrogen-bond acceptors (Lipinski definition) is 4. The van der Waals surface area contributed by atoms with Gasteiger partial charge in [-0.2, -0.15) is 5.10 Å². The van der Waals surface area contributed by atoms with Gasteiger partial charge in [-0.15, -0.1) is 0 Å². The Morgan fingerprint density at radius 3 is 2.61 bits per heavy atom. The minimum Gasteiger partial charge on any atom is -0.491 e. The van der Waals surface area contributed by atoms with Gasteiger partial charge in [-0.3, -0.25) is 4.79 Å². The molecule has 124 valence electrons. The smallest absolute Gasteiger partial charge is 0.285 e. The van der Waals surface area contributed by atoms with E-state index >= 15 is 0 Å². The highest BCUT2D eigenvalue weighted by Crippen LogP contribution is 2.18. The molecule has 0 saturated carbocycles. The number of nitrogens with zero attached hydrogens (tertiary/aromatic N) is 1. The highest BCUT2D eigenvalue weighted by atomic mass is 35.5. The largest absolute Gasteiger partial charge is 0.491 e. The standard InChI is InChI=1S/C17H22ClN3O2/c1-11(2)23-14-8-6-13(7-9-14)5-4-12(3)20-15-10-19-21-17(22)16(15)18/h6-12H,4-5H2,1-3H3,(H2,20,21,22). The molecule has 0 saturated heterocycles. The van der Waals surface area contributed by atoms with E-state index < -0.39 is 0 Å². The monoisotopic (exact) mass is 335 g/mol. The van der Waals surface area contributed by atoms with E-state index in [2.05, 4.69) is 27.6 Å². The Hall–Kier alpha value is -2.01. The van der Waals surface area contributed by atoms with Gasteiger partial charge in [-0.1, -0.05) is 23.7 Å². The van der Waals surface area contributed by atoms with Gasteiger partial charge in [0.1, 0.15) is 10.8 Å². The summed E-state index contributed by atoms with van der Waals surface area (Å²) in [5.74, 6) is 0.885. The normalized spacial score (nSPS) is 12.2. The van der Waals surface area contributed by atoms with Crippen molar-refractivity contribution in [1.29, 1.82) is 0 Å². The molecule has 1 aromatic carbocycles. The van der Waals surface area contributed by atoms with Crippen LogP contribution in [0, 0.1) is 0 Å². The molecule has 0 spiro atoms. The molecule has 2 N–H and O–H groups in total. The quantitative estimate of drug-likeness (QED) is 0.810. The Morgan fingerprint density at radius 1 is 1.26 bits per heavy atom. The summed E-state index contributed by atoms with van der Waals surface area (Å²) in [6, 6.07) is 8.30. The molecule has 0 fully saturated rings. The highest BCUT2D eigenvalue weighted by Gasteiger charge is 2.09. The topological polar surface area (TPSA) is 67.0 Å². The van der Waals surface area contributed by atoms with Crippen molar-refractivity contribution in [1.82, 2.24) is 10.2 Å². The molecule has 1 unspecified atom stereocenters. The summed E-state index contributed by atoms with van der Waals surface area (Å²) in [4.78, 5) is 11.4. The maximum atomic E-state index is 11.4. The van der Waals surface area contributed by atoms with E-state index in [0.29, 0.717) is 5.69 Å². The predicted octanol–water partition coefficient (Wildman–Crippen LogP) is 3.64. The maximum Gasteiger partial charge on any atom is 0.285 e. The number of ether oxygens (including phenoxy) is 1. The van der Waals surface area contributed by atoms with Crippen molar-refractivity contribution in [2.45, 2.75) is 45.8 Å². The van der Waals surface area contributed by atoms with Crippen LogP contribution in [0.3, 0.4) is 0 Å². The zero-order chi connectivity index (χ0) is 16.8. The molecule has 0 amide bonds. The first-order chi connectivity index (χ1) is 11.0. The molecular weight excluding hydrogens is 314 g/mol. The van der Waals surface area contributed by atoms with E-state index in [1.54, 1.807) is 0 Å². The van der Waals surface area contributed by atoms with Crippen LogP contribution in [0.15, 0.2) is 35.3 Å². The van der Waals surface area contributed by atoms with Crippen LogP contribution in [0.25, 0.3) is 0 Å². The van der Waals surface area contributed by atoms with Crippen molar-refractivity contribution in [3.8, 4) is 5.75 Å². The van der Waals surface area contributed by atoms with Gasteiger partial charge in [0.2, 0.25) is 0 Å². The average molecular weight is 336 g/mol. The fourth-order valence-corrected chi connectivity index (χ4v) is 2.36. The fourth-order valence-electron chi connectivity index (χ4n) is 2.21. The van der Waals surface area contributed by atoms with E-state index in [1.165, 1.54) is 11.8 Å². The van der Waals surface area contributed by atoms with Crippen LogP contribution in [0.1, 0.15) is 32.8 Å². The number of anilines is 1. The molecule has 6 heteroatoms. The number of aromatic amines is 1. The molecule has 0 aliphatic carbocycles. The number of benzene rings is 1. The lowest BCUT2D eigenvalue weighted by Gasteiger charge is -2.16. The summed E-state index contributed by atoms with van der Waals surface area (Å²) in [5, 5.41) is 9.41. The summed E-state index contributed by atoms with van der Waals surface area (Å²) in [7, 11) is 0. The van der Waals surface area contributed by atoms with Crippen molar-refractivity contribution in [3.63, 3.8) is 0 Å². The van der Waals surface area contributed by atoms with Crippen molar-refractivity contribution in [2.24, 2.45) is 0 Å². The summed E-state index contributed by atoms with van der Waals surface area (Å²) in [5.41, 5.74) is 1.41. The highest BCUT2D eigenvalue weighted by molar-refractivity contribution is 6.32. The average Bonchev–Trinajstić information content (AvgIpc) is 2.51. The Labute approximate surface area is 141 Å². The second-order valence-corrected chi connectivity index (χ2v) is 6.20. The van der Waals surface area contributed by atoms with Crippen molar-refractivity contribution >= 4 is 17.3 Å². The van der Waals surface area contributed by atoms with Crippen molar-refractivity contribution < 1.29 is 4.74 Å². The molecule has 2 rings (SSSR count). The third kappa shape index (κ3) is 5.28. The zero-order valence-corrected chi connectivity index (χ0v) is 14.4. The summed E-state index contributed by atoms with van der Waals surface area (Å²) >= 11 is 5.95. The van der Waals surface area contributed by atoms with Gasteiger partial charge >= 0.3 is 0 Å². The number of aromatic nitrogens is 2. The van der Waals surface area contributed by atoms with Crippen molar-refractivity contribution in [2.75, 3.05) is 5.32 Å². The molecule has 2 aromatic rings. The lowest BCUT2D eigenvalue weighted by Crippen LogP contribution is -2.19. The molecule has 0 aliphatic rings. The molecular formula is C17H22ClN3O2. The molecule has 5 nitrogen and oxygen atoms in total. The first-order valence-corrected chi connectivity index (χ1v) is 8.09. The SMILES string of the molecule is CC(CCc1ccc(OC(C)C)cc1)Nc1cn[nH]c(=O)c1Cl. The van der Waals surface area contributed by atoms with Gasteiger partial charge in [-0.05, 0) is 51.3 Å². The summed E-state index contributed by atoms with van der Waals surface area (Å²) in [6.45, 7) is 6.07. The van der Waals surface area contributed by atoms with Gasteiger partial charge in [0, 0.05) is 6.04 Å². The molecule has 0 radical (unpaired) electrons.